The van der Waals surface area contributed by atoms with Gasteiger partial charge in [-0.2, -0.15) is 5.10 Å². The van der Waals surface area contributed by atoms with Crippen molar-refractivity contribution in [1.82, 2.24) is 19.7 Å². The fourth-order valence-electron chi connectivity index (χ4n) is 2.90. The number of nitrogens with zero attached hydrogens (tertiary/aromatic N) is 3. The minimum atomic E-state index is -0.164. The molecule has 5 nitrogen and oxygen atoms in total. The first kappa shape index (κ1) is 14.8. The van der Waals surface area contributed by atoms with Gasteiger partial charge in [0.2, 0.25) is 0 Å². The summed E-state index contributed by atoms with van der Waals surface area (Å²) in [6.45, 7) is 8.44. The maximum atomic E-state index is 5.59. The van der Waals surface area contributed by atoms with Gasteiger partial charge in [-0.15, -0.1) is 0 Å². The number of hydrogen-bond acceptors (Lipinski definition) is 3. The molecule has 3 heterocycles. The third-order valence-electron chi connectivity index (χ3n) is 4.08. The van der Waals surface area contributed by atoms with E-state index >= 15 is 0 Å². The Labute approximate surface area is 140 Å². The first-order valence-corrected chi connectivity index (χ1v) is 8.03. The van der Waals surface area contributed by atoms with Crippen molar-refractivity contribution in [2.24, 2.45) is 0 Å². The smallest absolute Gasteiger partial charge is 0.159 e. The van der Waals surface area contributed by atoms with Crippen LogP contribution in [0.2, 0.25) is 0 Å². The van der Waals surface area contributed by atoms with Crippen LogP contribution in [0.3, 0.4) is 0 Å². The largest absolute Gasteiger partial charge is 0.463 e. The highest BCUT2D eigenvalue weighted by atomic mass is 16.3. The van der Waals surface area contributed by atoms with Crippen LogP contribution in [0.25, 0.3) is 34.0 Å². The second kappa shape index (κ2) is 5.09. The molecule has 0 radical (unpaired) electrons. The van der Waals surface area contributed by atoms with E-state index in [1.807, 2.05) is 35.0 Å². The number of aryl methyl sites for hydroxylation is 1. The van der Waals surface area contributed by atoms with Gasteiger partial charge in [-0.05, 0) is 57.5 Å². The molecule has 1 aromatic carbocycles. The second-order valence-electron chi connectivity index (χ2n) is 7.03. The molecule has 24 heavy (non-hydrogen) atoms. The first-order chi connectivity index (χ1) is 11.4. The quantitative estimate of drug-likeness (QED) is 0.580. The summed E-state index contributed by atoms with van der Waals surface area (Å²) in [5, 5.41) is 4.80. The molecular formula is C19H20N4O. The Balaban J connectivity index is 1.90. The van der Waals surface area contributed by atoms with Crippen LogP contribution in [0.1, 0.15) is 26.3 Å². The normalized spacial score (nSPS) is 12.2. The lowest BCUT2D eigenvalue weighted by atomic mass is 10.1. The zero-order valence-electron chi connectivity index (χ0n) is 14.3. The van der Waals surface area contributed by atoms with E-state index in [2.05, 4.69) is 38.7 Å². The Hall–Kier alpha value is -2.82. The fraction of sp³-hybridized carbons (Fsp3) is 0.263. The number of hydrogen-bond donors (Lipinski definition) is 1. The van der Waals surface area contributed by atoms with Gasteiger partial charge in [-0.25, -0.2) is 4.98 Å². The zero-order valence-corrected chi connectivity index (χ0v) is 14.3. The topological polar surface area (TPSA) is 59.6 Å². The Morgan fingerprint density at radius 2 is 1.96 bits per heavy atom. The lowest BCUT2D eigenvalue weighted by Gasteiger charge is -2.21. The summed E-state index contributed by atoms with van der Waals surface area (Å²) in [6, 6.07) is 12.0. The van der Waals surface area contributed by atoms with Gasteiger partial charge in [0.05, 0.1) is 22.8 Å². The van der Waals surface area contributed by atoms with Crippen molar-refractivity contribution in [2.75, 3.05) is 0 Å². The molecule has 1 N–H and O–H groups in total. The highest BCUT2D eigenvalue weighted by Crippen LogP contribution is 2.31. The molecule has 4 aromatic rings. The van der Waals surface area contributed by atoms with Crippen molar-refractivity contribution in [3.8, 4) is 23.0 Å². The van der Waals surface area contributed by atoms with Gasteiger partial charge in [0.1, 0.15) is 11.4 Å². The molecule has 4 rings (SSSR count). The number of rotatable bonds is 2. The van der Waals surface area contributed by atoms with Gasteiger partial charge >= 0.3 is 0 Å². The summed E-state index contributed by atoms with van der Waals surface area (Å²) in [6.07, 6.45) is 1.68. The van der Waals surface area contributed by atoms with Crippen LogP contribution < -0.4 is 0 Å². The highest BCUT2D eigenvalue weighted by molar-refractivity contribution is 5.82. The van der Waals surface area contributed by atoms with E-state index in [-0.39, 0.29) is 5.54 Å². The summed E-state index contributed by atoms with van der Waals surface area (Å²) in [5.41, 5.74) is 4.75. The van der Waals surface area contributed by atoms with E-state index in [1.165, 1.54) is 0 Å². The molecule has 0 saturated heterocycles. The van der Waals surface area contributed by atoms with E-state index in [0.717, 1.165) is 39.6 Å². The van der Waals surface area contributed by atoms with Crippen molar-refractivity contribution in [1.29, 1.82) is 0 Å². The summed E-state index contributed by atoms with van der Waals surface area (Å²) < 4.78 is 7.58. The van der Waals surface area contributed by atoms with Gasteiger partial charge in [-0.3, -0.25) is 4.68 Å². The standard InChI is InChI=1S/C19H20N4O/c1-12-7-5-8-13-17(12)21-18(20-13)14-11-15(16-9-6-10-24-16)23(22-14)19(2,3)4/h5-11H,1-4H3,(H,20,21). The molecule has 0 unspecified atom stereocenters. The fourth-order valence-corrected chi connectivity index (χ4v) is 2.90. The van der Waals surface area contributed by atoms with Gasteiger partial charge in [-0.1, -0.05) is 12.1 Å². The van der Waals surface area contributed by atoms with Crippen molar-refractivity contribution in [3.63, 3.8) is 0 Å². The molecule has 3 aromatic heterocycles. The molecule has 0 bridgehead atoms. The predicted molar refractivity (Wildman–Crippen MR) is 94.7 cm³/mol. The number of nitrogens with one attached hydrogen (secondary N) is 1. The summed E-state index contributed by atoms with van der Waals surface area (Å²) in [4.78, 5) is 8.11. The number of imidazole rings is 1. The second-order valence-corrected chi connectivity index (χ2v) is 7.03. The molecule has 0 aliphatic heterocycles. The Kier molecular flexibility index (Phi) is 3.13. The van der Waals surface area contributed by atoms with Gasteiger partial charge < -0.3 is 9.40 Å². The van der Waals surface area contributed by atoms with E-state index in [4.69, 9.17) is 14.5 Å². The lowest BCUT2D eigenvalue weighted by Crippen LogP contribution is -2.24. The van der Waals surface area contributed by atoms with Crippen LogP contribution in [0.4, 0.5) is 0 Å². The predicted octanol–water partition coefficient (Wildman–Crippen LogP) is 4.75. The van der Waals surface area contributed by atoms with Gasteiger partial charge in [0.25, 0.3) is 0 Å². The third-order valence-corrected chi connectivity index (χ3v) is 4.08. The molecule has 0 aliphatic carbocycles. The minimum Gasteiger partial charge on any atom is -0.463 e. The molecule has 5 heteroatoms. The van der Waals surface area contributed by atoms with Crippen LogP contribution >= 0.6 is 0 Å². The van der Waals surface area contributed by atoms with Crippen LogP contribution in [0.5, 0.6) is 0 Å². The molecule has 0 aliphatic rings. The lowest BCUT2D eigenvalue weighted by molar-refractivity contribution is 0.357. The maximum Gasteiger partial charge on any atom is 0.159 e. The zero-order chi connectivity index (χ0) is 16.9. The van der Waals surface area contributed by atoms with E-state index in [0.29, 0.717) is 0 Å². The van der Waals surface area contributed by atoms with Crippen molar-refractivity contribution in [3.05, 3.63) is 48.2 Å². The van der Waals surface area contributed by atoms with Crippen molar-refractivity contribution < 1.29 is 4.42 Å². The average molecular weight is 320 g/mol. The number of aromatic amines is 1. The van der Waals surface area contributed by atoms with Crippen LogP contribution in [0.15, 0.2) is 47.1 Å². The maximum absolute atomic E-state index is 5.59. The molecular weight excluding hydrogens is 300 g/mol. The van der Waals surface area contributed by atoms with Gasteiger partial charge in [0, 0.05) is 0 Å². The number of furan rings is 1. The first-order valence-electron chi connectivity index (χ1n) is 8.03. The summed E-state index contributed by atoms with van der Waals surface area (Å²) >= 11 is 0. The van der Waals surface area contributed by atoms with E-state index in [1.54, 1.807) is 6.26 Å². The Bertz CT molecular complexity index is 1000. The average Bonchev–Trinajstić information content (AvgIpc) is 3.24. The van der Waals surface area contributed by atoms with E-state index < -0.39 is 0 Å². The minimum absolute atomic E-state index is 0.164. The van der Waals surface area contributed by atoms with Crippen molar-refractivity contribution in [2.45, 2.75) is 33.2 Å². The number of para-hydroxylation sites is 1. The molecule has 0 spiro atoms. The molecule has 0 saturated carbocycles. The summed E-state index contributed by atoms with van der Waals surface area (Å²) in [7, 11) is 0. The Morgan fingerprint density at radius 3 is 2.62 bits per heavy atom. The molecule has 0 amide bonds. The third kappa shape index (κ3) is 2.33. The van der Waals surface area contributed by atoms with Crippen LogP contribution in [-0.4, -0.2) is 19.7 Å². The van der Waals surface area contributed by atoms with Gasteiger partial charge in [0.15, 0.2) is 11.6 Å². The van der Waals surface area contributed by atoms with Crippen LogP contribution in [-0.2, 0) is 5.54 Å². The number of aromatic nitrogens is 4. The van der Waals surface area contributed by atoms with Crippen molar-refractivity contribution >= 4 is 11.0 Å². The summed E-state index contributed by atoms with van der Waals surface area (Å²) in [5.74, 6) is 1.58. The monoisotopic (exact) mass is 320 g/mol. The number of H-pyrrole nitrogens is 1. The van der Waals surface area contributed by atoms with E-state index in [9.17, 15) is 0 Å². The molecule has 0 atom stereocenters. The molecule has 0 fully saturated rings. The molecule has 122 valence electrons. The highest BCUT2D eigenvalue weighted by Gasteiger charge is 2.23. The Morgan fingerprint density at radius 1 is 1.12 bits per heavy atom. The number of benzene rings is 1. The van der Waals surface area contributed by atoms with Crippen LogP contribution in [0, 0.1) is 6.92 Å². The SMILES string of the molecule is Cc1cccc2[nH]c(-c3cc(-c4ccco4)n(C(C)(C)C)n3)nc12. The number of fused-ring (bicyclic) bond motifs is 1.